The minimum atomic E-state index is -0.499. The Morgan fingerprint density at radius 1 is 0.889 bits per heavy atom. The maximum atomic E-state index is 12.2. The lowest BCUT2D eigenvalue weighted by Gasteiger charge is -2.08. The van der Waals surface area contributed by atoms with Gasteiger partial charge in [-0.1, -0.05) is 48.0 Å². The number of nitrogens with zero attached hydrogens (tertiary/aromatic N) is 1. The van der Waals surface area contributed by atoms with Crippen LogP contribution in [0.1, 0.15) is 26.3 Å². The molecule has 3 aromatic rings. The van der Waals surface area contributed by atoms with E-state index in [1.807, 2.05) is 12.1 Å². The second-order valence-electron chi connectivity index (χ2n) is 5.50. The van der Waals surface area contributed by atoms with Crippen molar-refractivity contribution in [1.29, 1.82) is 0 Å². The number of nitrogens with one attached hydrogen (secondary N) is 1. The molecule has 0 aliphatic heterocycles. The summed E-state index contributed by atoms with van der Waals surface area (Å²) in [5, 5.41) is 4.37. The lowest BCUT2D eigenvalue weighted by molar-refractivity contribution is 0.0734. The fraction of sp³-hybridized carbons (Fsp3) is 0. The molecule has 0 radical (unpaired) electrons. The average molecular weight is 379 g/mol. The van der Waals surface area contributed by atoms with Gasteiger partial charge in [-0.3, -0.25) is 4.79 Å². The van der Waals surface area contributed by atoms with E-state index in [-0.39, 0.29) is 11.7 Å². The van der Waals surface area contributed by atoms with E-state index in [1.165, 1.54) is 6.21 Å². The molecule has 5 nitrogen and oxygen atoms in total. The Balaban J connectivity index is 1.74. The monoisotopic (exact) mass is 378 g/mol. The predicted octanol–water partition coefficient (Wildman–Crippen LogP) is 4.32. The number of rotatable bonds is 5. The lowest BCUT2D eigenvalue weighted by Crippen LogP contribution is -2.17. The fourth-order valence-electron chi connectivity index (χ4n) is 2.26. The third-order valence-electron chi connectivity index (χ3n) is 3.59. The van der Waals surface area contributed by atoms with Gasteiger partial charge in [-0.2, -0.15) is 5.10 Å². The van der Waals surface area contributed by atoms with E-state index in [2.05, 4.69) is 10.5 Å². The van der Waals surface area contributed by atoms with Gasteiger partial charge in [0.05, 0.1) is 11.8 Å². The smallest absolute Gasteiger partial charge is 0.343 e. The number of benzene rings is 3. The highest BCUT2D eigenvalue weighted by molar-refractivity contribution is 6.31. The highest BCUT2D eigenvalue weighted by atomic mass is 35.5. The summed E-state index contributed by atoms with van der Waals surface area (Å²) in [7, 11) is 0. The largest absolute Gasteiger partial charge is 0.422 e. The third-order valence-corrected chi connectivity index (χ3v) is 3.82. The van der Waals surface area contributed by atoms with Crippen molar-refractivity contribution in [3.63, 3.8) is 0 Å². The SMILES string of the molecule is O=C(N/N=C/c1cc(Cl)ccc1OC(=O)c1ccccc1)c1ccccc1. The van der Waals surface area contributed by atoms with Crippen LogP contribution in [0.15, 0.2) is 84.0 Å². The van der Waals surface area contributed by atoms with Gasteiger partial charge in [-0.25, -0.2) is 10.2 Å². The summed E-state index contributed by atoms with van der Waals surface area (Å²) in [5.74, 6) is -0.566. The zero-order valence-corrected chi connectivity index (χ0v) is 14.9. The van der Waals surface area contributed by atoms with Gasteiger partial charge in [-0.15, -0.1) is 0 Å². The molecule has 3 rings (SSSR count). The molecule has 0 unspecified atom stereocenters. The number of hydrogen-bond acceptors (Lipinski definition) is 4. The molecule has 0 aromatic heterocycles. The summed E-state index contributed by atoms with van der Waals surface area (Å²) in [6, 6.07) is 22.1. The number of hydrazone groups is 1. The van der Waals surface area contributed by atoms with E-state index in [9.17, 15) is 9.59 Å². The van der Waals surface area contributed by atoms with Crippen LogP contribution in [0.5, 0.6) is 5.75 Å². The molecule has 1 amide bonds. The molecule has 27 heavy (non-hydrogen) atoms. The van der Waals surface area contributed by atoms with Crippen molar-refractivity contribution in [2.24, 2.45) is 5.10 Å². The minimum absolute atomic E-state index is 0.283. The summed E-state index contributed by atoms with van der Waals surface area (Å²) >= 11 is 6.02. The normalized spacial score (nSPS) is 10.6. The second kappa shape index (κ2) is 8.78. The van der Waals surface area contributed by atoms with Gasteiger partial charge in [0.1, 0.15) is 5.75 Å². The number of carbonyl (C=O) groups excluding carboxylic acids is 2. The molecule has 1 N–H and O–H groups in total. The van der Waals surface area contributed by atoms with Gasteiger partial charge in [0, 0.05) is 16.1 Å². The number of carbonyl (C=O) groups is 2. The summed E-state index contributed by atoms with van der Waals surface area (Å²) in [6.45, 7) is 0. The van der Waals surface area contributed by atoms with Crippen LogP contribution in [0.2, 0.25) is 5.02 Å². The van der Waals surface area contributed by atoms with Gasteiger partial charge in [-0.05, 0) is 42.5 Å². The molecule has 0 atom stereocenters. The van der Waals surface area contributed by atoms with Crippen LogP contribution >= 0.6 is 11.6 Å². The highest BCUT2D eigenvalue weighted by Crippen LogP contribution is 2.22. The lowest BCUT2D eigenvalue weighted by atomic mass is 10.2. The van der Waals surface area contributed by atoms with Crippen LogP contribution in [-0.4, -0.2) is 18.1 Å². The average Bonchev–Trinajstić information content (AvgIpc) is 2.71. The highest BCUT2D eigenvalue weighted by Gasteiger charge is 2.11. The zero-order chi connectivity index (χ0) is 19.1. The molecule has 0 saturated carbocycles. The van der Waals surface area contributed by atoms with E-state index < -0.39 is 5.97 Å². The Labute approximate surface area is 161 Å². The number of amides is 1. The van der Waals surface area contributed by atoms with Crippen LogP contribution in [-0.2, 0) is 0 Å². The quantitative estimate of drug-likeness (QED) is 0.311. The molecule has 0 spiro atoms. The van der Waals surface area contributed by atoms with Gasteiger partial charge in [0.15, 0.2) is 0 Å². The van der Waals surface area contributed by atoms with Crippen LogP contribution in [0.25, 0.3) is 0 Å². The molecule has 134 valence electrons. The molecular formula is C21H15ClN2O3. The standard InChI is InChI=1S/C21H15ClN2O3/c22-18-11-12-19(27-21(26)16-9-5-2-6-10-16)17(13-18)14-23-24-20(25)15-7-3-1-4-8-15/h1-14H,(H,24,25)/b23-14+. The molecule has 0 bridgehead atoms. The Morgan fingerprint density at radius 2 is 1.52 bits per heavy atom. The summed E-state index contributed by atoms with van der Waals surface area (Å²) in [4.78, 5) is 24.3. The van der Waals surface area contributed by atoms with Gasteiger partial charge in [0.25, 0.3) is 5.91 Å². The maximum absolute atomic E-state index is 12.2. The molecular weight excluding hydrogens is 364 g/mol. The van der Waals surface area contributed by atoms with Crippen LogP contribution in [0.3, 0.4) is 0 Å². The van der Waals surface area contributed by atoms with Crippen LogP contribution in [0.4, 0.5) is 0 Å². The molecule has 0 aliphatic carbocycles. The van der Waals surface area contributed by atoms with Gasteiger partial charge >= 0.3 is 5.97 Å². The van der Waals surface area contributed by atoms with Crippen LogP contribution < -0.4 is 10.2 Å². The first-order valence-electron chi connectivity index (χ1n) is 8.09. The van der Waals surface area contributed by atoms with Crippen molar-refractivity contribution in [3.05, 3.63) is 101 Å². The second-order valence-corrected chi connectivity index (χ2v) is 5.94. The number of esters is 1. The molecule has 6 heteroatoms. The number of ether oxygens (including phenoxy) is 1. The predicted molar refractivity (Wildman–Crippen MR) is 104 cm³/mol. The molecule has 0 aliphatic rings. The van der Waals surface area contributed by atoms with Gasteiger partial charge in [0.2, 0.25) is 0 Å². The third kappa shape index (κ3) is 5.03. The van der Waals surface area contributed by atoms with E-state index >= 15 is 0 Å². The first-order chi connectivity index (χ1) is 13.1. The van der Waals surface area contributed by atoms with E-state index in [4.69, 9.17) is 16.3 Å². The van der Waals surface area contributed by atoms with E-state index in [0.717, 1.165) is 0 Å². The Hall–Kier alpha value is -3.44. The Kier molecular flexibility index (Phi) is 5.97. The number of hydrogen-bond donors (Lipinski definition) is 1. The topological polar surface area (TPSA) is 67.8 Å². The maximum Gasteiger partial charge on any atom is 0.343 e. The van der Waals surface area contributed by atoms with Crippen molar-refractivity contribution in [1.82, 2.24) is 5.43 Å². The molecule has 0 fully saturated rings. The summed E-state index contributed by atoms with van der Waals surface area (Å²) in [5.41, 5.74) is 3.79. The van der Waals surface area contributed by atoms with E-state index in [1.54, 1.807) is 66.7 Å². The minimum Gasteiger partial charge on any atom is -0.422 e. The Morgan fingerprint density at radius 3 is 2.19 bits per heavy atom. The molecule has 3 aromatic carbocycles. The number of halogens is 1. The Bertz CT molecular complexity index is 973. The van der Waals surface area contributed by atoms with E-state index in [0.29, 0.717) is 21.7 Å². The summed E-state index contributed by atoms with van der Waals surface area (Å²) < 4.78 is 5.43. The first-order valence-corrected chi connectivity index (χ1v) is 8.46. The fourth-order valence-corrected chi connectivity index (χ4v) is 2.44. The first kappa shape index (κ1) is 18.4. The van der Waals surface area contributed by atoms with Crippen LogP contribution in [0, 0.1) is 0 Å². The zero-order valence-electron chi connectivity index (χ0n) is 14.1. The summed E-state index contributed by atoms with van der Waals surface area (Å²) in [6.07, 6.45) is 1.38. The van der Waals surface area contributed by atoms with Crippen molar-refractivity contribution in [3.8, 4) is 5.75 Å². The van der Waals surface area contributed by atoms with Crippen molar-refractivity contribution in [2.75, 3.05) is 0 Å². The van der Waals surface area contributed by atoms with Crippen molar-refractivity contribution >= 4 is 29.7 Å². The molecule has 0 heterocycles. The van der Waals surface area contributed by atoms with Crippen molar-refractivity contribution < 1.29 is 14.3 Å². The molecule has 0 saturated heterocycles. The van der Waals surface area contributed by atoms with Gasteiger partial charge < -0.3 is 4.74 Å². The van der Waals surface area contributed by atoms with Crippen molar-refractivity contribution in [2.45, 2.75) is 0 Å².